The summed E-state index contributed by atoms with van der Waals surface area (Å²) in [6.45, 7) is 2.36. The van der Waals surface area contributed by atoms with Crippen LogP contribution in [0.2, 0.25) is 5.02 Å². The molecule has 1 aliphatic rings. The van der Waals surface area contributed by atoms with Crippen molar-refractivity contribution in [3.8, 4) is 0 Å². The molecule has 0 unspecified atom stereocenters. The minimum atomic E-state index is -0.0346. The minimum absolute atomic E-state index is 0.00639. The average molecular weight is 308 g/mol. The summed E-state index contributed by atoms with van der Waals surface area (Å²) < 4.78 is 0. The van der Waals surface area contributed by atoms with Crippen molar-refractivity contribution in [3.05, 3.63) is 40.4 Å². The summed E-state index contributed by atoms with van der Waals surface area (Å²) in [4.78, 5) is 14.1. The van der Waals surface area contributed by atoms with Gasteiger partial charge in [0, 0.05) is 23.7 Å². The minimum Gasteiger partial charge on any atom is -0.395 e. The number of amides is 1. The zero-order chi connectivity index (χ0) is 15.2. The van der Waals surface area contributed by atoms with Crippen LogP contribution in [0.15, 0.2) is 24.3 Å². The van der Waals surface area contributed by atoms with Crippen molar-refractivity contribution in [1.29, 1.82) is 0 Å². The molecule has 2 rings (SSSR count). The molecule has 0 atom stereocenters. The molecule has 0 bridgehead atoms. The maximum atomic E-state index is 12.3. The number of aryl methyl sites for hydroxylation is 1. The van der Waals surface area contributed by atoms with Crippen LogP contribution in [0.4, 0.5) is 0 Å². The summed E-state index contributed by atoms with van der Waals surface area (Å²) >= 11 is 6.08. The number of hydrogen-bond donors (Lipinski definition) is 1. The van der Waals surface area contributed by atoms with Gasteiger partial charge in [-0.3, -0.25) is 4.79 Å². The monoisotopic (exact) mass is 307 g/mol. The van der Waals surface area contributed by atoms with Gasteiger partial charge in [0.15, 0.2) is 0 Å². The Labute approximate surface area is 131 Å². The molecule has 114 valence electrons. The summed E-state index contributed by atoms with van der Waals surface area (Å²) in [7, 11) is 0. The third-order valence-electron chi connectivity index (χ3n) is 4.00. The Morgan fingerprint density at radius 2 is 2.14 bits per heavy atom. The number of aliphatic hydroxyl groups excluding tert-OH is 1. The quantitative estimate of drug-likeness (QED) is 0.847. The van der Waals surface area contributed by atoms with E-state index in [0.717, 1.165) is 36.8 Å². The first-order valence-electron chi connectivity index (χ1n) is 7.47. The molecular weight excluding hydrogens is 286 g/mol. The first-order chi connectivity index (χ1) is 10.1. The predicted octanol–water partition coefficient (Wildman–Crippen LogP) is 3.43. The lowest BCUT2D eigenvalue weighted by molar-refractivity contribution is -0.128. The lowest BCUT2D eigenvalue weighted by Crippen LogP contribution is -2.39. The van der Waals surface area contributed by atoms with Crippen LogP contribution in [0.5, 0.6) is 0 Å². The normalized spacial score (nSPS) is 15.8. The molecule has 0 aromatic heterocycles. The van der Waals surface area contributed by atoms with E-state index in [1.807, 2.05) is 25.1 Å². The Morgan fingerprint density at radius 1 is 1.43 bits per heavy atom. The van der Waals surface area contributed by atoms with E-state index < -0.39 is 0 Å². The van der Waals surface area contributed by atoms with Gasteiger partial charge in [0.25, 0.3) is 0 Å². The van der Waals surface area contributed by atoms with Crippen LogP contribution in [0.3, 0.4) is 0 Å². The van der Waals surface area contributed by atoms with Crippen LogP contribution in [0, 0.1) is 6.92 Å². The van der Waals surface area contributed by atoms with Crippen LogP contribution >= 0.6 is 11.6 Å². The molecule has 0 heterocycles. The van der Waals surface area contributed by atoms with Gasteiger partial charge in [-0.25, -0.2) is 0 Å². The van der Waals surface area contributed by atoms with Gasteiger partial charge < -0.3 is 10.0 Å². The molecule has 1 fully saturated rings. The van der Waals surface area contributed by atoms with Gasteiger partial charge in [0.1, 0.15) is 0 Å². The molecule has 0 saturated heterocycles. The smallest absolute Gasteiger partial charge is 0.246 e. The molecule has 1 aromatic rings. The van der Waals surface area contributed by atoms with E-state index in [1.54, 1.807) is 17.1 Å². The fraction of sp³-hybridized carbons (Fsp3) is 0.471. The van der Waals surface area contributed by atoms with Gasteiger partial charge in [0.2, 0.25) is 5.91 Å². The molecular formula is C17H22ClNO2. The van der Waals surface area contributed by atoms with E-state index in [9.17, 15) is 4.79 Å². The summed E-state index contributed by atoms with van der Waals surface area (Å²) in [6, 6.07) is 6.01. The molecule has 1 N–H and O–H groups in total. The van der Waals surface area contributed by atoms with Crippen molar-refractivity contribution in [1.82, 2.24) is 4.90 Å². The van der Waals surface area contributed by atoms with Gasteiger partial charge in [-0.05, 0) is 43.0 Å². The summed E-state index contributed by atoms with van der Waals surface area (Å²) in [5.41, 5.74) is 1.93. The fourth-order valence-electron chi connectivity index (χ4n) is 2.77. The third kappa shape index (κ3) is 4.32. The Balaban J connectivity index is 2.06. The Bertz CT molecular complexity index is 522. The zero-order valence-corrected chi connectivity index (χ0v) is 13.1. The molecule has 1 amide bonds. The number of halogens is 1. The number of rotatable bonds is 5. The van der Waals surface area contributed by atoms with Crippen molar-refractivity contribution in [2.45, 2.75) is 38.6 Å². The van der Waals surface area contributed by atoms with Gasteiger partial charge in [-0.1, -0.05) is 36.6 Å². The Morgan fingerprint density at radius 3 is 2.76 bits per heavy atom. The summed E-state index contributed by atoms with van der Waals surface area (Å²) in [5.74, 6) is -0.0346. The van der Waals surface area contributed by atoms with Crippen molar-refractivity contribution in [2.24, 2.45) is 0 Å². The highest BCUT2D eigenvalue weighted by Gasteiger charge is 2.24. The summed E-state index contributed by atoms with van der Waals surface area (Å²) in [6.07, 6.45) is 7.77. The fourth-order valence-corrected chi connectivity index (χ4v) is 2.96. The van der Waals surface area contributed by atoms with Crippen LogP contribution < -0.4 is 0 Å². The molecule has 0 radical (unpaired) electrons. The molecule has 3 nitrogen and oxygen atoms in total. The molecule has 0 aliphatic heterocycles. The second kappa shape index (κ2) is 7.62. The number of hydrogen-bond acceptors (Lipinski definition) is 2. The van der Waals surface area contributed by atoms with Crippen LogP contribution in [0.1, 0.15) is 36.8 Å². The number of carbonyl (C=O) groups excluding carboxylic acids is 1. The SMILES string of the molecule is Cc1ccc(C=CC(=O)N(CCO)C2CCCC2)cc1Cl. The number of carbonyl (C=O) groups is 1. The second-order valence-electron chi connectivity index (χ2n) is 5.54. The van der Waals surface area contributed by atoms with E-state index in [-0.39, 0.29) is 18.6 Å². The number of nitrogens with zero attached hydrogens (tertiary/aromatic N) is 1. The number of aliphatic hydroxyl groups is 1. The molecule has 4 heteroatoms. The van der Waals surface area contributed by atoms with Crippen LogP contribution in [-0.4, -0.2) is 35.1 Å². The largest absolute Gasteiger partial charge is 0.395 e. The Hall–Kier alpha value is -1.32. The van der Waals surface area contributed by atoms with E-state index in [0.29, 0.717) is 11.6 Å². The average Bonchev–Trinajstić information content (AvgIpc) is 2.99. The van der Waals surface area contributed by atoms with E-state index in [1.165, 1.54) is 0 Å². The maximum Gasteiger partial charge on any atom is 0.246 e. The molecule has 1 aliphatic carbocycles. The Kier molecular flexibility index (Phi) is 5.83. The second-order valence-corrected chi connectivity index (χ2v) is 5.94. The van der Waals surface area contributed by atoms with Gasteiger partial charge in [0.05, 0.1) is 6.61 Å². The molecule has 21 heavy (non-hydrogen) atoms. The first kappa shape index (κ1) is 16.1. The van der Waals surface area contributed by atoms with Gasteiger partial charge in [-0.2, -0.15) is 0 Å². The molecule has 1 aromatic carbocycles. The van der Waals surface area contributed by atoms with Crippen LogP contribution in [0.25, 0.3) is 6.08 Å². The standard InChI is InChI=1S/C17H22ClNO2/c1-13-6-7-14(12-16(13)18)8-9-17(21)19(10-11-20)15-4-2-3-5-15/h6-9,12,15,20H,2-5,10-11H2,1H3. The van der Waals surface area contributed by atoms with Gasteiger partial charge >= 0.3 is 0 Å². The maximum absolute atomic E-state index is 12.3. The van der Waals surface area contributed by atoms with E-state index >= 15 is 0 Å². The predicted molar refractivity (Wildman–Crippen MR) is 86.3 cm³/mol. The van der Waals surface area contributed by atoms with Gasteiger partial charge in [-0.15, -0.1) is 0 Å². The number of benzene rings is 1. The van der Waals surface area contributed by atoms with Crippen molar-refractivity contribution < 1.29 is 9.90 Å². The van der Waals surface area contributed by atoms with Crippen molar-refractivity contribution >= 4 is 23.6 Å². The zero-order valence-electron chi connectivity index (χ0n) is 12.4. The molecule has 0 spiro atoms. The topological polar surface area (TPSA) is 40.5 Å². The summed E-state index contributed by atoms with van der Waals surface area (Å²) in [5, 5.41) is 9.86. The lowest BCUT2D eigenvalue weighted by atomic mass is 10.1. The highest BCUT2D eigenvalue weighted by Crippen LogP contribution is 2.24. The van der Waals surface area contributed by atoms with E-state index in [2.05, 4.69) is 0 Å². The van der Waals surface area contributed by atoms with E-state index in [4.69, 9.17) is 16.7 Å². The lowest BCUT2D eigenvalue weighted by Gasteiger charge is -2.27. The van der Waals surface area contributed by atoms with Crippen molar-refractivity contribution in [2.75, 3.05) is 13.2 Å². The molecule has 1 saturated carbocycles. The van der Waals surface area contributed by atoms with Crippen LogP contribution in [-0.2, 0) is 4.79 Å². The highest BCUT2D eigenvalue weighted by atomic mass is 35.5. The third-order valence-corrected chi connectivity index (χ3v) is 4.41. The highest BCUT2D eigenvalue weighted by molar-refractivity contribution is 6.31. The van der Waals surface area contributed by atoms with Crippen molar-refractivity contribution in [3.63, 3.8) is 0 Å². The first-order valence-corrected chi connectivity index (χ1v) is 7.85.